The van der Waals surface area contributed by atoms with Crippen molar-refractivity contribution in [2.45, 2.75) is 31.1 Å². The van der Waals surface area contributed by atoms with Crippen LogP contribution in [0.25, 0.3) is 22.1 Å². The third-order valence-electron chi connectivity index (χ3n) is 5.66. The number of hydrogen-bond donors (Lipinski definition) is 1. The average Bonchev–Trinajstić information content (AvgIpc) is 3.57. The molecule has 0 bridgehead atoms. The van der Waals surface area contributed by atoms with Gasteiger partial charge in [0.05, 0.1) is 20.6 Å². The Hall–Kier alpha value is -2.97. The van der Waals surface area contributed by atoms with Crippen LogP contribution in [0.2, 0.25) is 20.9 Å². The van der Waals surface area contributed by atoms with E-state index in [1.807, 2.05) is 13.8 Å². The second-order valence-electron chi connectivity index (χ2n) is 8.72. The standard InChI is InChI=1S/C13H9Cl2N3O2S.C7H7ClO2S.C6H3Cl2N3.CH4/c1-8-2-4-9(5-3-8)21(19,20)18-7-6-10-11(14)16-13(15)17-12(10)18;1-6-2-4-7(5-3-6)11(8,9)10;7-4-3-1-2-9-5(3)11-6(8)10-4;/h2-7H,1H3;2-5H,1H3;1-2H,(H,9,10,11);1H4. The molecule has 0 radical (unpaired) electrons. The highest BCUT2D eigenvalue weighted by Gasteiger charge is 2.21. The van der Waals surface area contributed by atoms with Crippen LogP contribution < -0.4 is 0 Å². The number of aryl methyl sites for hydroxylation is 2. The lowest BCUT2D eigenvalue weighted by Gasteiger charge is -2.07. The number of nitrogens with one attached hydrogen (secondary N) is 1. The molecule has 4 heterocycles. The van der Waals surface area contributed by atoms with Gasteiger partial charge in [0.15, 0.2) is 5.65 Å². The molecule has 2 aromatic carbocycles. The number of halogens is 5. The molecular weight excluding hydrogens is 714 g/mol. The fourth-order valence-corrected chi connectivity index (χ4v) is 6.47. The maximum atomic E-state index is 12.7. The fourth-order valence-electron chi connectivity index (χ4n) is 3.53. The number of aromatic nitrogens is 6. The number of fused-ring (bicyclic) bond motifs is 2. The van der Waals surface area contributed by atoms with Crippen LogP contribution in [0, 0.1) is 13.8 Å². The Morgan fingerprint density at radius 3 is 1.70 bits per heavy atom. The monoisotopic (exact) mass is 734 g/mol. The van der Waals surface area contributed by atoms with Crippen LogP contribution in [0.3, 0.4) is 0 Å². The van der Waals surface area contributed by atoms with E-state index < -0.39 is 19.1 Å². The summed E-state index contributed by atoms with van der Waals surface area (Å²) in [6, 6.07) is 16.3. The molecule has 17 heteroatoms. The molecule has 6 aromatic rings. The van der Waals surface area contributed by atoms with E-state index in [0.29, 0.717) is 16.2 Å². The summed E-state index contributed by atoms with van der Waals surface area (Å²) in [7, 11) is -2.23. The molecular formula is C27H23Cl5N6O4S2. The van der Waals surface area contributed by atoms with Crippen molar-refractivity contribution in [2.75, 3.05) is 0 Å². The van der Waals surface area contributed by atoms with Crippen molar-refractivity contribution in [3.8, 4) is 0 Å². The van der Waals surface area contributed by atoms with Crippen LogP contribution in [0.4, 0.5) is 0 Å². The topological polar surface area (TPSA) is 141 Å². The number of nitrogens with zero attached hydrogens (tertiary/aromatic N) is 5. The van der Waals surface area contributed by atoms with Gasteiger partial charge in [-0.05, 0) is 73.4 Å². The average molecular weight is 737 g/mol. The molecule has 44 heavy (non-hydrogen) atoms. The predicted octanol–water partition coefficient (Wildman–Crippen LogP) is 8.11. The zero-order valence-corrected chi connectivity index (χ0v) is 27.4. The van der Waals surface area contributed by atoms with Crippen LogP contribution in [-0.2, 0) is 19.1 Å². The van der Waals surface area contributed by atoms with E-state index in [2.05, 4.69) is 24.9 Å². The van der Waals surface area contributed by atoms with Crippen molar-refractivity contribution in [3.05, 3.63) is 105 Å². The van der Waals surface area contributed by atoms with Crippen molar-refractivity contribution in [2.24, 2.45) is 0 Å². The number of aromatic amines is 1. The van der Waals surface area contributed by atoms with Gasteiger partial charge in [-0.2, -0.15) is 9.97 Å². The fraction of sp³-hybridized carbons (Fsp3) is 0.111. The van der Waals surface area contributed by atoms with Crippen molar-refractivity contribution >= 4 is 98.2 Å². The number of benzene rings is 2. The van der Waals surface area contributed by atoms with Crippen LogP contribution in [0.15, 0.2) is 82.8 Å². The molecule has 0 saturated heterocycles. The largest absolute Gasteiger partial charge is 0.346 e. The first kappa shape index (κ1) is 35.5. The molecule has 0 fully saturated rings. The molecule has 232 valence electrons. The molecule has 0 spiro atoms. The van der Waals surface area contributed by atoms with Crippen LogP contribution in [0.1, 0.15) is 18.6 Å². The van der Waals surface area contributed by atoms with Crippen LogP contribution >= 0.6 is 57.1 Å². The first-order valence-corrected chi connectivity index (χ1v) is 17.1. The summed E-state index contributed by atoms with van der Waals surface area (Å²) in [5.74, 6) is 0. The Bertz CT molecular complexity index is 2140. The molecule has 6 rings (SSSR count). The van der Waals surface area contributed by atoms with Gasteiger partial charge in [0.2, 0.25) is 10.6 Å². The Kier molecular flexibility index (Phi) is 11.6. The highest BCUT2D eigenvalue weighted by atomic mass is 35.7. The molecule has 0 saturated carbocycles. The smallest absolute Gasteiger partial charge is 0.269 e. The van der Waals surface area contributed by atoms with Crippen molar-refractivity contribution in [3.63, 3.8) is 0 Å². The van der Waals surface area contributed by atoms with Gasteiger partial charge in [-0.25, -0.2) is 30.8 Å². The Morgan fingerprint density at radius 2 is 1.16 bits per heavy atom. The van der Waals surface area contributed by atoms with Gasteiger partial charge in [0, 0.05) is 23.1 Å². The lowest BCUT2D eigenvalue weighted by atomic mass is 10.2. The summed E-state index contributed by atoms with van der Waals surface area (Å²) in [4.78, 5) is 18.6. The van der Waals surface area contributed by atoms with E-state index >= 15 is 0 Å². The van der Waals surface area contributed by atoms with Gasteiger partial charge >= 0.3 is 0 Å². The van der Waals surface area contributed by atoms with E-state index in [4.69, 9.17) is 57.1 Å². The third-order valence-corrected chi connectivity index (χ3v) is 9.62. The van der Waals surface area contributed by atoms with Crippen molar-refractivity contribution < 1.29 is 16.8 Å². The summed E-state index contributed by atoms with van der Waals surface area (Å²) in [5, 5.41) is 1.76. The van der Waals surface area contributed by atoms with Crippen molar-refractivity contribution in [1.29, 1.82) is 0 Å². The molecule has 0 atom stereocenters. The van der Waals surface area contributed by atoms with Gasteiger partial charge in [-0.15, -0.1) is 0 Å². The SMILES string of the molecule is C.Cc1ccc(S(=O)(=O)Cl)cc1.Cc1ccc(S(=O)(=O)n2ccc3c(Cl)nc(Cl)nc32)cc1.Clc1nc(Cl)c2cc[nH]c2n1. The normalized spacial score (nSPS) is 11.2. The summed E-state index contributed by atoms with van der Waals surface area (Å²) >= 11 is 23.0. The van der Waals surface area contributed by atoms with Gasteiger partial charge in [0.25, 0.3) is 19.1 Å². The first-order chi connectivity index (χ1) is 20.2. The zero-order chi connectivity index (χ0) is 31.5. The summed E-state index contributed by atoms with van der Waals surface area (Å²) in [6.45, 7) is 3.76. The van der Waals surface area contributed by atoms with Crippen LogP contribution in [0.5, 0.6) is 0 Å². The Morgan fingerprint density at radius 1 is 0.659 bits per heavy atom. The molecule has 4 aromatic heterocycles. The molecule has 1 N–H and O–H groups in total. The highest BCUT2D eigenvalue weighted by Crippen LogP contribution is 2.26. The van der Waals surface area contributed by atoms with E-state index in [9.17, 15) is 16.8 Å². The van der Waals surface area contributed by atoms with Crippen molar-refractivity contribution in [1.82, 2.24) is 28.9 Å². The lowest BCUT2D eigenvalue weighted by molar-refractivity contribution is 0.588. The van der Waals surface area contributed by atoms with E-state index in [1.165, 1.54) is 18.3 Å². The summed E-state index contributed by atoms with van der Waals surface area (Å²) < 4.78 is 47.8. The lowest BCUT2D eigenvalue weighted by Crippen LogP contribution is -2.12. The van der Waals surface area contributed by atoms with Gasteiger partial charge in [-0.1, -0.05) is 66.0 Å². The van der Waals surface area contributed by atoms with E-state index in [0.717, 1.165) is 20.5 Å². The Labute approximate surface area is 278 Å². The first-order valence-electron chi connectivity index (χ1n) is 11.9. The second-order valence-corrected chi connectivity index (χ2v) is 14.5. The number of hydrogen-bond acceptors (Lipinski definition) is 8. The van der Waals surface area contributed by atoms with E-state index in [-0.39, 0.29) is 38.6 Å². The molecule has 10 nitrogen and oxygen atoms in total. The molecule has 0 unspecified atom stereocenters. The maximum absolute atomic E-state index is 12.7. The zero-order valence-electron chi connectivity index (χ0n) is 22.0. The third kappa shape index (κ3) is 8.39. The number of rotatable bonds is 3. The maximum Gasteiger partial charge on any atom is 0.269 e. The minimum atomic E-state index is -3.76. The van der Waals surface area contributed by atoms with Gasteiger partial charge in [0.1, 0.15) is 16.0 Å². The minimum Gasteiger partial charge on any atom is -0.346 e. The summed E-state index contributed by atoms with van der Waals surface area (Å²) in [6.07, 6.45) is 3.12. The van der Waals surface area contributed by atoms with Gasteiger partial charge in [-0.3, -0.25) is 0 Å². The second kappa shape index (κ2) is 14.4. The minimum absolute atomic E-state index is 0. The van der Waals surface area contributed by atoms with E-state index in [1.54, 1.807) is 54.7 Å². The Balaban J connectivity index is 0.000000195. The molecule has 0 aliphatic heterocycles. The summed E-state index contributed by atoms with van der Waals surface area (Å²) in [5.41, 5.74) is 2.80. The highest BCUT2D eigenvalue weighted by molar-refractivity contribution is 8.13. The predicted molar refractivity (Wildman–Crippen MR) is 176 cm³/mol. The molecule has 0 amide bonds. The molecule has 0 aliphatic rings. The molecule has 0 aliphatic carbocycles. The number of H-pyrrole nitrogens is 1. The van der Waals surface area contributed by atoms with Gasteiger partial charge < -0.3 is 4.98 Å². The van der Waals surface area contributed by atoms with Crippen LogP contribution in [-0.4, -0.2) is 45.7 Å². The quantitative estimate of drug-likeness (QED) is 0.109.